The molecule has 3 aromatic rings. The van der Waals surface area contributed by atoms with E-state index in [0.29, 0.717) is 6.04 Å². The molecular formula is C17H19N7. The molecule has 2 aromatic heterocycles. The molecule has 0 saturated carbocycles. The first-order chi connectivity index (χ1) is 11.9. The minimum atomic E-state index is 0.302. The van der Waals surface area contributed by atoms with Crippen molar-refractivity contribution in [1.29, 1.82) is 0 Å². The third kappa shape index (κ3) is 3.34. The molecule has 24 heavy (non-hydrogen) atoms. The lowest BCUT2D eigenvalue weighted by atomic mass is 10.1. The Hall–Kier alpha value is -2.96. The zero-order valence-corrected chi connectivity index (χ0v) is 13.3. The van der Waals surface area contributed by atoms with Crippen molar-refractivity contribution in [3.63, 3.8) is 0 Å². The van der Waals surface area contributed by atoms with Crippen LogP contribution >= 0.6 is 0 Å². The average Bonchev–Trinajstić information content (AvgIpc) is 3.09. The number of hydrogen-bond donors (Lipinski definition) is 2. The molecule has 0 saturated heterocycles. The van der Waals surface area contributed by atoms with Gasteiger partial charge in [0.15, 0.2) is 0 Å². The molecule has 1 unspecified atom stereocenters. The fourth-order valence-electron chi connectivity index (χ4n) is 2.89. The summed E-state index contributed by atoms with van der Waals surface area (Å²) >= 11 is 0. The highest BCUT2D eigenvalue weighted by molar-refractivity contribution is 5.47. The van der Waals surface area contributed by atoms with Crippen LogP contribution in [0.15, 0.2) is 49.1 Å². The summed E-state index contributed by atoms with van der Waals surface area (Å²) in [6.45, 7) is 1.55. The second-order valence-corrected chi connectivity index (χ2v) is 5.87. The molecule has 4 rings (SSSR count). The Morgan fingerprint density at radius 3 is 2.83 bits per heavy atom. The molecule has 1 atom stereocenters. The molecule has 1 aliphatic heterocycles. The fraction of sp³-hybridized carbons (Fsp3) is 0.294. The summed E-state index contributed by atoms with van der Waals surface area (Å²) in [7, 11) is 0. The summed E-state index contributed by atoms with van der Waals surface area (Å²) in [6.07, 6.45) is 5.16. The van der Waals surface area contributed by atoms with E-state index in [0.717, 1.165) is 43.4 Å². The van der Waals surface area contributed by atoms with Gasteiger partial charge in [-0.1, -0.05) is 30.3 Å². The largest absolute Gasteiger partial charge is 0.366 e. The Kier molecular flexibility index (Phi) is 4.05. The van der Waals surface area contributed by atoms with Crippen molar-refractivity contribution in [1.82, 2.24) is 24.7 Å². The number of benzene rings is 1. The van der Waals surface area contributed by atoms with Crippen molar-refractivity contribution in [3.8, 4) is 0 Å². The van der Waals surface area contributed by atoms with Gasteiger partial charge in [0.25, 0.3) is 0 Å². The first kappa shape index (κ1) is 14.6. The molecular weight excluding hydrogens is 302 g/mol. The number of nitrogens with zero attached hydrogens (tertiary/aromatic N) is 5. The van der Waals surface area contributed by atoms with E-state index in [1.54, 1.807) is 12.7 Å². The minimum Gasteiger partial charge on any atom is -0.366 e. The van der Waals surface area contributed by atoms with Gasteiger partial charge in [0, 0.05) is 25.1 Å². The standard InChI is InChI=1S/C17H19N7/c1-2-4-13(5-3-1)9-18-15-8-16(20-11-19-15)23-14-6-7-17-21-12-22-24(17)10-14/h1-5,8,11-12,14H,6-7,9-10H2,(H2,18,19,20,23). The Labute approximate surface area is 140 Å². The highest BCUT2D eigenvalue weighted by Crippen LogP contribution is 2.17. The highest BCUT2D eigenvalue weighted by atomic mass is 15.3. The molecule has 0 amide bonds. The Bertz CT molecular complexity index is 799. The Balaban J connectivity index is 1.38. The zero-order chi connectivity index (χ0) is 16.2. The molecule has 1 aromatic carbocycles. The molecule has 122 valence electrons. The zero-order valence-electron chi connectivity index (χ0n) is 13.3. The van der Waals surface area contributed by atoms with Crippen LogP contribution in [-0.4, -0.2) is 30.8 Å². The number of rotatable bonds is 5. The molecule has 7 nitrogen and oxygen atoms in total. The van der Waals surface area contributed by atoms with Crippen molar-refractivity contribution >= 4 is 11.6 Å². The predicted molar refractivity (Wildman–Crippen MR) is 91.6 cm³/mol. The SMILES string of the molecule is c1ccc(CNc2cc(NC3CCc4ncnn4C3)ncn2)cc1. The lowest BCUT2D eigenvalue weighted by molar-refractivity contribution is 0.440. The van der Waals surface area contributed by atoms with Crippen LogP contribution in [0.3, 0.4) is 0 Å². The second kappa shape index (κ2) is 6.66. The normalized spacial score (nSPS) is 16.4. The Morgan fingerprint density at radius 2 is 1.92 bits per heavy atom. The molecule has 3 heterocycles. The molecule has 0 radical (unpaired) electrons. The number of anilines is 2. The van der Waals surface area contributed by atoms with E-state index in [2.05, 4.69) is 42.8 Å². The van der Waals surface area contributed by atoms with Crippen LogP contribution < -0.4 is 10.6 Å². The van der Waals surface area contributed by atoms with Crippen LogP contribution in [0.1, 0.15) is 17.8 Å². The predicted octanol–water partition coefficient (Wildman–Crippen LogP) is 2.11. The molecule has 7 heteroatoms. The first-order valence-corrected chi connectivity index (χ1v) is 8.10. The van der Waals surface area contributed by atoms with E-state index < -0.39 is 0 Å². The summed E-state index contributed by atoms with van der Waals surface area (Å²) in [5.41, 5.74) is 1.22. The van der Waals surface area contributed by atoms with Gasteiger partial charge in [-0.2, -0.15) is 5.10 Å². The Morgan fingerprint density at radius 1 is 1.04 bits per heavy atom. The van der Waals surface area contributed by atoms with Crippen molar-refractivity contribution in [2.24, 2.45) is 0 Å². The third-order valence-electron chi connectivity index (χ3n) is 4.14. The number of nitrogens with one attached hydrogen (secondary N) is 2. The summed E-state index contributed by atoms with van der Waals surface area (Å²) < 4.78 is 1.96. The van der Waals surface area contributed by atoms with Gasteiger partial charge in [0.05, 0.1) is 6.54 Å². The number of hydrogen-bond acceptors (Lipinski definition) is 6. The van der Waals surface area contributed by atoms with Crippen LogP contribution in [-0.2, 0) is 19.5 Å². The van der Waals surface area contributed by atoms with Crippen molar-refractivity contribution in [3.05, 3.63) is 60.4 Å². The van der Waals surface area contributed by atoms with Gasteiger partial charge in [0.1, 0.15) is 30.1 Å². The van der Waals surface area contributed by atoms with E-state index in [1.165, 1.54) is 5.56 Å². The van der Waals surface area contributed by atoms with Gasteiger partial charge in [-0.3, -0.25) is 0 Å². The summed E-state index contributed by atoms with van der Waals surface area (Å²) in [6, 6.07) is 12.5. The lowest BCUT2D eigenvalue weighted by Crippen LogP contribution is -2.32. The maximum atomic E-state index is 4.32. The first-order valence-electron chi connectivity index (χ1n) is 8.10. The van der Waals surface area contributed by atoms with Crippen LogP contribution in [0.25, 0.3) is 0 Å². The van der Waals surface area contributed by atoms with E-state index in [9.17, 15) is 0 Å². The quantitative estimate of drug-likeness (QED) is 0.749. The smallest absolute Gasteiger partial charge is 0.138 e. The monoisotopic (exact) mass is 321 g/mol. The van der Waals surface area contributed by atoms with E-state index in [1.807, 2.05) is 28.9 Å². The van der Waals surface area contributed by atoms with Gasteiger partial charge < -0.3 is 10.6 Å². The maximum Gasteiger partial charge on any atom is 0.138 e. The number of aryl methyl sites for hydroxylation is 1. The number of aromatic nitrogens is 5. The molecule has 0 fully saturated rings. The van der Waals surface area contributed by atoms with Crippen molar-refractivity contribution in [2.45, 2.75) is 32.0 Å². The number of fused-ring (bicyclic) bond motifs is 1. The minimum absolute atomic E-state index is 0.302. The molecule has 1 aliphatic rings. The molecule has 0 spiro atoms. The highest BCUT2D eigenvalue weighted by Gasteiger charge is 2.19. The van der Waals surface area contributed by atoms with Gasteiger partial charge in [0.2, 0.25) is 0 Å². The molecule has 0 aliphatic carbocycles. The van der Waals surface area contributed by atoms with Gasteiger partial charge >= 0.3 is 0 Å². The van der Waals surface area contributed by atoms with Crippen molar-refractivity contribution in [2.75, 3.05) is 10.6 Å². The second-order valence-electron chi connectivity index (χ2n) is 5.87. The van der Waals surface area contributed by atoms with Gasteiger partial charge in [-0.05, 0) is 12.0 Å². The van der Waals surface area contributed by atoms with Crippen LogP contribution in [0.5, 0.6) is 0 Å². The van der Waals surface area contributed by atoms with Gasteiger partial charge in [-0.15, -0.1) is 0 Å². The van der Waals surface area contributed by atoms with Crippen LogP contribution in [0, 0.1) is 0 Å². The third-order valence-corrected chi connectivity index (χ3v) is 4.14. The maximum absolute atomic E-state index is 4.32. The fourth-order valence-corrected chi connectivity index (χ4v) is 2.89. The summed E-state index contributed by atoms with van der Waals surface area (Å²) in [5, 5.41) is 11.1. The lowest BCUT2D eigenvalue weighted by Gasteiger charge is -2.24. The summed E-state index contributed by atoms with van der Waals surface area (Å²) in [4.78, 5) is 12.9. The topological polar surface area (TPSA) is 80.5 Å². The molecule has 0 bridgehead atoms. The van der Waals surface area contributed by atoms with E-state index in [4.69, 9.17) is 0 Å². The van der Waals surface area contributed by atoms with E-state index >= 15 is 0 Å². The van der Waals surface area contributed by atoms with Crippen LogP contribution in [0.4, 0.5) is 11.6 Å². The van der Waals surface area contributed by atoms with Crippen molar-refractivity contribution < 1.29 is 0 Å². The summed E-state index contributed by atoms with van der Waals surface area (Å²) in [5.74, 6) is 2.70. The average molecular weight is 321 g/mol. The van der Waals surface area contributed by atoms with Crippen LogP contribution in [0.2, 0.25) is 0 Å². The van der Waals surface area contributed by atoms with E-state index in [-0.39, 0.29) is 0 Å². The van der Waals surface area contributed by atoms with Gasteiger partial charge in [-0.25, -0.2) is 19.6 Å². The molecule has 2 N–H and O–H groups in total.